The maximum atomic E-state index is 9.73. The standard InChI is InChI=1S/C17H28N4O/c1-19-6-8-20(9-7-19)11-16-12-21(13-17(16)14-22)10-15-2-4-18-5-3-15/h2-5,16-17,22H,6-14H2,1H3. The number of nitrogens with zero attached hydrogens (tertiary/aromatic N) is 4. The van der Waals surface area contributed by atoms with Crippen LogP contribution in [-0.2, 0) is 6.54 Å². The lowest BCUT2D eigenvalue weighted by molar-refractivity contribution is 0.116. The van der Waals surface area contributed by atoms with E-state index in [0.717, 1.165) is 52.4 Å². The number of likely N-dealkylation sites (N-methyl/N-ethyl adjacent to an activating group) is 1. The molecule has 3 rings (SSSR count). The van der Waals surface area contributed by atoms with E-state index in [4.69, 9.17) is 0 Å². The van der Waals surface area contributed by atoms with Crippen molar-refractivity contribution in [2.75, 3.05) is 59.5 Å². The normalized spacial score (nSPS) is 28.3. The first-order valence-electron chi connectivity index (χ1n) is 8.37. The molecule has 2 aliphatic heterocycles. The lowest BCUT2D eigenvalue weighted by Crippen LogP contribution is -2.47. The maximum Gasteiger partial charge on any atom is 0.0475 e. The van der Waals surface area contributed by atoms with Gasteiger partial charge >= 0.3 is 0 Å². The van der Waals surface area contributed by atoms with Gasteiger partial charge in [-0.15, -0.1) is 0 Å². The summed E-state index contributed by atoms with van der Waals surface area (Å²) >= 11 is 0. The Labute approximate surface area is 133 Å². The van der Waals surface area contributed by atoms with Crippen molar-refractivity contribution >= 4 is 0 Å². The number of aliphatic hydroxyl groups excluding tert-OH is 1. The topological polar surface area (TPSA) is 42.8 Å². The van der Waals surface area contributed by atoms with Crippen molar-refractivity contribution in [1.82, 2.24) is 19.7 Å². The fourth-order valence-corrected chi connectivity index (χ4v) is 3.69. The second-order valence-electron chi connectivity index (χ2n) is 6.86. The van der Waals surface area contributed by atoms with Crippen LogP contribution in [0.1, 0.15) is 5.56 Å². The zero-order valence-corrected chi connectivity index (χ0v) is 13.6. The van der Waals surface area contributed by atoms with Gasteiger partial charge in [0.05, 0.1) is 0 Å². The Morgan fingerprint density at radius 3 is 2.41 bits per heavy atom. The summed E-state index contributed by atoms with van der Waals surface area (Å²) in [6, 6.07) is 4.17. The summed E-state index contributed by atoms with van der Waals surface area (Å²) in [5, 5.41) is 9.73. The van der Waals surface area contributed by atoms with E-state index < -0.39 is 0 Å². The monoisotopic (exact) mass is 304 g/mol. The van der Waals surface area contributed by atoms with Crippen molar-refractivity contribution in [3.8, 4) is 0 Å². The van der Waals surface area contributed by atoms with Gasteiger partial charge in [-0.05, 0) is 36.6 Å². The molecule has 0 bridgehead atoms. The van der Waals surface area contributed by atoms with Crippen molar-refractivity contribution in [1.29, 1.82) is 0 Å². The Bertz CT molecular complexity index is 447. The van der Waals surface area contributed by atoms with Crippen LogP contribution in [0, 0.1) is 11.8 Å². The molecule has 0 amide bonds. The van der Waals surface area contributed by atoms with Crippen LogP contribution in [0.5, 0.6) is 0 Å². The number of pyridine rings is 1. The van der Waals surface area contributed by atoms with Gasteiger partial charge < -0.3 is 14.9 Å². The summed E-state index contributed by atoms with van der Waals surface area (Å²) in [7, 11) is 2.19. The molecule has 1 aromatic heterocycles. The third-order valence-corrected chi connectivity index (χ3v) is 5.13. The molecule has 2 saturated heterocycles. The lowest BCUT2D eigenvalue weighted by atomic mass is 9.96. The molecule has 2 unspecified atom stereocenters. The summed E-state index contributed by atoms with van der Waals surface area (Å²) in [5.74, 6) is 1.01. The van der Waals surface area contributed by atoms with Gasteiger partial charge in [0, 0.05) is 71.4 Å². The van der Waals surface area contributed by atoms with Gasteiger partial charge in [0.2, 0.25) is 0 Å². The Kier molecular flexibility index (Phi) is 5.41. The number of piperazine rings is 1. The van der Waals surface area contributed by atoms with Crippen LogP contribution in [0.2, 0.25) is 0 Å². The molecule has 22 heavy (non-hydrogen) atoms. The molecule has 0 spiro atoms. The largest absolute Gasteiger partial charge is 0.396 e. The van der Waals surface area contributed by atoms with Crippen LogP contribution in [0.15, 0.2) is 24.5 Å². The van der Waals surface area contributed by atoms with E-state index in [9.17, 15) is 5.11 Å². The highest BCUT2D eigenvalue weighted by molar-refractivity contribution is 5.10. The number of likely N-dealkylation sites (tertiary alicyclic amines) is 1. The molecule has 0 aromatic carbocycles. The predicted molar refractivity (Wildman–Crippen MR) is 87.5 cm³/mol. The van der Waals surface area contributed by atoms with Crippen LogP contribution in [0.4, 0.5) is 0 Å². The van der Waals surface area contributed by atoms with Gasteiger partial charge in [0.15, 0.2) is 0 Å². The molecular formula is C17H28N4O. The van der Waals surface area contributed by atoms with E-state index in [1.807, 2.05) is 12.4 Å². The minimum absolute atomic E-state index is 0.311. The highest BCUT2D eigenvalue weighted by Crippen LogP contribution is 2.25. The molecule has 1 aromatic rings. The SMILES string of the molecule is CN1CCN(CC2CN(Cc3ccncc3)CC2CO)CC1. The number of aliphatic hydroxyl groups is 1. The summed E-state index contributed by atoms with van der Waals surface area (Å²) in [4.78, 5) is 11.5. The molecule has 2 atom stereocenters. The number of aromatic nitrogens is 1. The highest BCUT2D eigenvalue weighted by Gasteiger charge is 2.33. The second kappa shape index (κ2) is 7.51. The van der Waals surface area contributed by atoms with Gasteiger partial charge in [0.1, 0.15) is 0 Å². The molecule has 1 N–H and O–H groups in total. The fraction of sp³-hybridized carbons (Fsp3) is 0.706. The third kappa shape index (κ3) is 4.04. The molecular weight excluding hydrogens is 276 g/mol. The molecule has 5 nitrogen and oxygen atoms in total. The lowest BCUT2D eigenvalue weighted by Gasteiger charge is -2.34. The Balaban J connectivity index is 1.53. The molecule has 3 heterocycles. The Morgan fingerprint density at radius 1 is 1.05 bits per heavy atom. The molecule has 0 radical (unpaired) electrons. The summed E-state index contributed by atoms with van der Waals surface area (Å²) in [6.45, 7) is 9.17. The minimum Gasteiger partial charge on any atom is -0.396 e. The van der Waals surface area contributed by atoms with Gasteiger partial charge in [-0.2, -0.15) is 0 Å². The van der Waals surface area contributed by atoms with Gasteiger partial charge in [-0.3, -0.25) is 9.88 Å². The van der Waals surface area contributed by atoms with E-state index in [1.165, 1.54) is 5.56 Å². The highest BCUT2D eigenvalue weighted by atomic mass is 16.3. The molecule has 2 aliphatic rings. The first-order valence-corrected chi connectivity index (χ1v) is 8.37. The summed E-state index contributed by atoms with van der Waals surface area (Å²) in [5.41, 5.74) is 1.31. The van der Waals surface area contributed by atoms with Gasteiger partial charge in [-0.25, -0.2) is 0 Å². The van der Waals surface area contributed by atoms with E-state index in [-0.39, 0.29) is 0 Å². The first-order chi connectivity index (χ1) is 10.7. The molecule has 122 valence electrons. The maximum absolute atomic E-state index is 9.73. The molecule has 2 fully saturated rings. The third-order valence-electron chi connectivity index (χ3n) is 5.13. The number of rotatable bonds is 5. The Hall–Kier alpha value is -1.01. The van der Waals surface area contributed by atoms with Crippen LogP contribution < -0.4 is 0 Å². The average Bonchev–Trinajstić information content (AvgIpc) is 2.92. The van der Waals surface area contributed by atoms with E-state index in [2.05, 4.69) is 38.9 Å². The second-order valence-corrected chi connectivity index (χ2v) is 6.86. The predicted octanol–water partition coefficient (Wildman–Crippen LogP) is 0.369. The van der Waals surface area contributed by atoms with Crippen LogP contribution >= 0.6 is 0 Å². The zero-order chi connectivity index (χ0) is 15.4. The average molecular weight is 304 g/mol. The first kappa shape index (κ1) is 15.9. The smallest absolute Gasteiger partial charge is 0.0475 e. The van der Waals surface area contributed by atoms with Crippen molar-refractivity contribution < 1.29 is 5.11 Å². The quantitative estimate of drug-likeness (QED) is 0.851. The minimum atomic E-state index is 0.311. The van der Waals surface area contributed by atoms with Crippen LogP contribution in [0.3, 0.4) is 0 Å². The molecule has 0 aliphatic carbocycles. The molecule has 5 heteroatoms. The van der Waals surface area contributed by atoms with Gasteiger partial charge in [-0.1, -0.05) is 0 Å². The summed E-state index contributed by atoms with van der Waals surface area (Å²) in [6.07, 6.45) is 3.72. The van der Waals surface area contributed by atoms with E-state index >= 15 is 0 Å². The van der Waals surface area contributed by atoms with Crippen molar-refractivity contribution in [3.63, 3.8) is 0 Å². The van der Waals surface area contributed by atoms with E-state index in [0.29, 0.717) is 18.4 Å². The van der Waals surface area contributed by atoms with Crippen molar-refractivity contribution in [2.24, 2.45) is 11.8 Å². The van der Waals surface area contributed by atoms with Crippen LogP contribution in [-0.4, -0.2) is 84.3 Å². The van der Waals surface area contributed by atoms with E-state index in [1.54, 1.807) is 0 Å². The fourth-order valence-electron chi connectivity index (χ4n) is 3.69. The number of hydrogen-bond acceptors (Lipinski definition) is 5. The Morgan fingerprint density at radius 2 is 1.73 bits per heavy atom. The van der Waals surface area contributed by atoms with Crippen molar-refractivity contribution in [3.05, 3.63) is 30.1 Å². The summed E-state index contributed by atoms with van der Waals surface area (Å²) < 4.78 is 0. The molecule has 0 saturated carbocycles. The van der Waals surface area contributed by atoms with Crippen molar-refractivity contribution in [2.45, 2.75) is 6.54 Å². The number of hydrogen-bond donors (Lipinski definition) is 1. The van der Waals surface area contributed by atoms with Gasteiger partial charge in [0.25, 0.3) is 0 Å². The van der Waals surface area contributed by atoms with Crippen LogP contribution in [0.25, 0.3) is 0 Å². The zero-order valence-electron chi connectivity index (χ0n) is 13.6.